The first-order valence-electron chi connectivity index (χ1n) is 9.56. The van der Waals surface area contributed by atoms with Gasteiger partial charge in [-0.2, -0.15) is 0 Å². The molecule has 1 aromatic heterocycles. The van der Waals surface area contributed by atoms with E-state index in [1.54, 1.807) is 24.3 Å². The molecule has 0 aliphatic rings. The van der Waals surface area contributed by atoms with Crippen LogP contribution < -0.4 is 9.47 Å². The number of aliphatic carboxylic acids is 1. The van der Waals surface area contributed by atoms with E-state index in [4.69, 9.17) is 9.47 Å². The van der Waals surface area contributed by atoms with Gasteiger partial charge in [0, 0.05) is 6.42 Å². The summed E-state index contributed by atoms with van der Waals surface area (Å²) in [6, 6.07) is 15.2. The molecule has 0 spiro atoms. The van der Waals surface area contributed by atoms with Gasteiger partial charge < -0.3 is 14.6 Å². The first-order valence-corrected chi connectivity index (χ1v) is 10.4. The van der Waals surface area contributed by atoms with Crippen molar-refractivity contribution in [3.63, 3.8) is 0 Å². The van der Waals surface area contributed by atoms with Crippen LogP contribution in [0.2, 0.25) is 0 Å². The molecule has 8 heteroatoms. The minimum atomic E-state index is -1.05. The highest BCUT2D eigenvalue weighted by molar-refractivity contribution is 8.04. The minimum absolute atomic E-state index is 0.108. The third kappa shape index (κ3) is 5.87. The van der Waals surface area contributed by atoms with Crippen LogP contribution in [0.15, 0.2) is 58.6 Å². The van der Waals surface area contributed by atoms with E-state index >= 15 is 0 Å². The van der Waals surface area contributed by atoms with Gasteiger partial charge >= 0.3 is 5.97 Å². The van der Waals surface area contributed by atoms with Gasteiger partial charge in [0.05, 0.1) is 6.61 Å². The fraction of sp³-hybridized carbons (Fsp3) is 0.227. The number of nitrogens with zero attached hydrogens (tertiary/aromatic N) is 2. The van der Waals surface area contributed by atoms with E-state index in [0.29, 0.717) is 47.7 Å². The van der Waals surface area contributed by atoms with Gasteiger partial charge in [-0.1, -0.05) is 43.3 Å². The van der Waals surface area contributed by atoms with Crippen molar-refractivity contribution in [3.05, 3.63) is 70.4 Å². The van der Waals surface area contributed by atoms with Gasteiger partial charge in [0.15, 0.2) is 11.5 Å². The number of aryl methyl sites for hydroxylation is 1. The molecule has 0 fully saturated rings. The number of thioether (sulfide) groups is 1. The van der Waals surface area contributed by atoms with Crippen LogP contribution in [0.3, 0.4) is 0 Å². The molecule has 0 aliphatic carbocycles. The number of carboxylic acids is 1. The van der Waals surface area contributed by atoms with Gasteiger partial charge in [-0.05, 0) is 48.0 Å². The standard InChI is InChI=1S/C22H23N3O4S/c1-3-20-23-22(25-24-20)30-19(21(26)27)13-16-10-11-17(18(12-16)28-4-2)29-14-15-8-6-5-7-9-15/h5-13H,3-4,14H2,1-2H3,(H,26,27)(H,23,24,25)/b19-13-. The van der Waals surface area contributed by atoms with Gasteiger partial charge in [-0.25, -0.2) is 9.78 Å². The summed E-state index contributed by atoms with van der Waals surface area (Å²) in [6.45, 7) is 4.71. The lowest BCUT2D eigenvalue weighted by Crippen LogP contribution is -2.00. The lowest BCUT2D eigenvalue weighted by molar-refractivity contribution is -0.131. The molecular weight excluding hydrogens is 402 g/mol. The molecule has 0 radical (unpaired) electrons. The molecule has 0 atom stereocenters. The van der Waals surface area contributed by atoms with Gasteiger partial charge in [0.25, 0.3) is 0 Å². The monoisotopic (exact) mass is 425 g/mol. The number of carboxylic acid groups (broad SMARTS) is 1. The van der Waals surface area contributed by atoms with E-state index in [0.717, 1.165) is 17.3 Å². The fourth-order valence-corrected chi connectivity index (χ4v) is 3.33. The summed E-state index contributed by atoms with van der Waals surface area (Å²) in [7, 11) is 0. The average molecular weight is 426 g/mol. The number of H-pyrrole nitrogens is 1. The largest absolute Gasteiger partial charge is 0.490 e. The Bertz CT molecular complexity index is 1020. The van der Waals surface area contributed by atoms with Crippen LogP contribution in [-0.2, 0) is 17.8 Å². The first kappa shape index (κ1) is 21.4. The Morgan fingerprint density at radius 1 is 1.13 bits per heavy atom. The zero-order valence-electron chi connectivity index (χ0n) is 16.8. The maximum atomic E-state index is 11.7. The number of nitrogens with one attached hydrogen (secondary N) is 1. The molecule has 0 saturated heterocycles. The highest BCUT2D eigenvalue weighted by Crippen LogP contribution is 2.32. The zero-order chi connectivity index (χ0) is 21.3. The van der Waals surface area contributed by atoms with Gasteiger partial charge in [0.1, 0.15) is 17.3 Å². The van der Waals surface area contributed by atoms with Crippen molar-refractivity contribution in [2.45, 2.75) is 32.0 Å². The van der Waals surface area contributed by atoms with Gasteiger partial charge in [-0.15, -0.1) is 5.10 Å². The molecule has 0 saturated carbocycles. The smallest absolute Gasteiger partial charge is 0.342 e. The van der Waals surface area contributed by atoms with E-state index in [2.05, 4.69) is 15.2 Å². The van der Waals surface area contributed by atoms with E-state index in [9.17, 15) is 9.90 Å². The number of rotatable bonds is 10. The normalized spacial score (nSPS) is 11.3. The van der Waals surface area contributed by atoms with Crippen LogP contribution in [0.1, 0.15) is 30.8 Å². The summed E-state index contributed by atoms with van der Waals surface area (Å²) in [5.41, 5.74) is 1.73. The average Bonchev–Trinajstić information content (AvgIpc) is 3.21. The van der Waals surface area contributed by atoms with Crippen molar-refractivity contribution in [1.29, 1.82) is 0 Å². The van der Waals surface area contributed by atoms with Crippen LogP contribution in [0.4, 0.5) is 0 Å². The van der Waals surface area contributed by atoms with Crippen molar-refractivity contribution in [2.75, 3.05) is 6.61 Å². The SMILES string of the molecule is CCOc1cc(/C=C(\Sc2n[nH]c(CC)n2)C(=O)O)ccc1OCc1ccccc1. The van der Waals surface area contributed by atoms with E-state index in [1.807, 2.05) is 44.2 Å². The van der Waals surface area contributed by atoms with Crippen molar-refractivity contribution >= 4 is 23.8 Å². The van der Waals surface area contributed by atoms with Crippen LogP contribution in [0.5, 0.6) is 11.5 Å². The maximum absolute atomic E-state index is 11.7. The highest BCUT2D eigenvalue weighted by Gasteiger charge is 2.14. The second-order valence-corrected chi connectivity index (χ2v) is 7.26. The van der Waals surface area contributed by atoms with Gasteiger partial charge in [-0.3, -0.25) is 5.10 Å². The van der Waals surface area contributed by atoms with Crippen LogP contribution in [0, 0.1) is 0 Å². The molecule has 1 heterocycles. The summed E-state index contributed by atoms with van der Waals surface area (Å²) in [5, 5.41) is 16.8. The number of benzene rings is 2. The Morgan fingerprint density at radius 2 is 1.93 bits per heavy atom. The third-order valence-corrected chi connectivity index (χ3v) is 4.94. The maximum Gasteiger partial charge on any atom is 0.342 e. The molecule has 0 unspecified atom stereocenters. The zero-order valence-corrected chi connectivity index (χ0v) is 17.6. The highest BCUT2D eigenvalue weighted by atomic mass is 32.2. The number of aromatic amines is 1. The number of aromatic nitrogens is 3. The topological polar surface area (TPSA) is 97.3 Å². The Hall–Kier alpha value is -3.26. The third-order valence-electron chi connectivity index (χ3n) is 4.06. The molecule has 30 heavy (non-hydrogen) atoms. The summed E-state index contributed by atoms with van der Waals surface area (Å²) in [4.78, 5) is 16.1. The van der Waals surface area contributed by atoms with E-state index in [-0.39, 0.29) is 4.91 Å². The number of hydrogen-bond donors (Lipinski definition) is 2. The Labute approximate surface area is 179 Å². The minimum Gasteiger partial charge on any atom is -0.490 e. The quantitative estimate of drug-likeness (QED) is 0.363. The molecule has 3 aromatic rings. The second kappa shape index (κ2) is 10.5. The van der Waals surface area contributed by atoms with Crippen molar-refractivity contribution in [2.24, 2.45) is 0 Å². The molecule has 2 N–H and O–H groups in total. The van der Waals surface area contributed by atoms with Crippen molar-refractivity contribution in [3.8, 4) is 11.5 Å². The van der Waals surface area contributed by atoms with Crippen LogP contribution >= 0.6 is 11.8 Å². The fourth-order valence-electron chi connectivity index (χ4n) is 2.60. The second-order valence-electron chi connectivity index (χ2n) is 6.25. The number of ether oxygens (including phenoxy) is 2. The summed E-state index contributed by atoms with van der Waals surface area (Å²) in [6.07, 6.45) is 2.26. The van der Waals surface area contributed by atoms with E-state index < -0.39 is 5.97 Å². The molecule has 0 aliphatic heterocycles. The summed E-state index contributed by atoms with van der Waals surface area (Å²) in [5.74, 6) is 0.818. The number of hydrogen-bond acceptors (Lipinski definition) is 6. The molecule has 156 valence electrons. The molecule has 3 rings (SSSR count). The summed E-state index contributed by atoms with van der Waals surface area (Å²) >= 11 is 0.995. The molecule has 0 amide bonds. The van der Waals surface area contributed by atoms with Crippen LogP contribution in [0.25, 0.3) is 6.08 Å². The Balaban J connectivity index is 1.80. The van der Waals surface area contributed by atoms with Crippen molar-refractivity contribution in [1.82, 2.24) is 15.2 Å². The Kier molecular flexibility index (Phi) is 7.51. The molecule has 2 aromatic carbocycles. The molecular formula is C22H23N3O4S. The molecule has 0 bridgehead atoms. The lowest BCUT2D eigenvalue weighted by Gasteiger charge is -2.13. The Morgan fingerprint density at radius 3 is 2.60 bits per heavy atom. The lowest BCUT2D eigenvalue weighted by atomic mass is 10.2. The molecule has 7 nitrogen and oxygen atoms in total. The van der Waals surface area contributed by atoms with Crippen molar-refractivity contribution < 1.29 is 19.4 Å². The van der Waals surface area contributed by atoms with Gasteiger partial charge in [0.2, 0.25) is 5.16 Å². The van der Waals surface area contributed by atoms with E-state index in [1.165, 1.54) is 0 Å². The summed E-state index contributed by atoms with van der Waals surface area (Å²) < 4.78 is 11.6. The first-order chi connectivity index (χ1) is 14.6. The predicted molar refractivity (Wildman–Crippen MR) is 116 cm³/mol. The van der Waals surface area contributed by atoms with Crippen LogP contribution in [-0.4, -0.2) is 32.9 Å². The number of carbonyl (C=O) groups is 1. The predicted octanol–water partition coefficient (Wildman–Crippen LogP) is 4.56.